The molecular weight excluding hydrogens is 439 g/mol. The Morgan fingerprint density at radius 1 is 0.697 bits per heavy atom. The van der Waals surface area contributed by atoms with E-state index in [1.165, 1.54) is 12.1 Å². The average Bonchev–Trinajstić information content (AvgIpc) is 2.74. The molecule has 0 heterocycles. The molecule has 3 aromatic carbocycles. The molecule has 2 nitrogen and oxygen atoms in total. The van der Waals surface area contributed by atoms with Gasteiger partial charge in [0.25, 0.3) is 0 Å². The van der Waals surface area contributed by atoms with Gasteiger partial charge < -0.3 is 9.47 Å². The van der Waals surface area contributed by atoms with Gasteiger partial charge in [-0.25, -0.2) is 0 Å². The van der Waals surface area contributed by atoms with Crippen molar-refractivity contribution in [2.24, 2.45) is 0 Å². The van der Waals surface area contributed by atoms with Crippen molar-refractivity contribution in [3.05, 3.63) is 90.0 Å². The van der Waals surface area contributed by atoms with E-state index in [1.54, 1.807) is 0 Å². The lowest BCUT2D eigenvalue weighted by atomic mass is 9.80. The van der Waals surface area contributed by atoms with Crippen molar-refractivity contribution in [1.82, 2.24) is 0 Å². The first-order valence-corrected chi connectivity index (χ1v) is 10.5. The van der Waals surface area contributed by atoms with Crippen molar-refractivity contribution in [2.75, 3.05) is 0 Å². The smallest absolute Gasteiger partial charge is 0.457 e. The summed E-state index contributed by atoms with van der Waals surface area (Å²) in [5.74, 6) is 0.979. The Morgan fingerprint density at radius 2 is 1.33 bits per heavy atom. The van der Waals surface area contributed by atoms with Gasteiger partial charge in [-0.05, 0) is 72.2 Å². The minimum Gasteiger partial charge on any atom is -0.457 e. The van der Waals surface area contributed by atoms with Crippen LogP contribution in [0.5, 0.6) is 17.2 Å². The van der Waals surface area contributed by atoms with Crippen molar-refractivity contribution in [3.63, 3.8) is 0 Å². The second kappa shape index (κ2) is 9.81. The summed E-state index contributed by atoms with van der Waals surface area (Å²) in [5.41, 5.74) is 1.65. The largest absolute Gasteiger partial charge is 0.499 e. The van der Waals surface area contributed by atoms with Gasteiger partial charge in [0.2, 0.25) is 0 Å². The van der Waals surface area contributed by atoms with Crippen LogP contribution in [-0.2, 0) is 11.8 Å². The minimum atomic E-state index is -5.77. The molecule has 0 unspecified atom stereocenters. The Bertz CT molecular complexity index is 1030. The van der Waals surface area contributed by atoms with E-state index in [2.05, 4.69) is 4.74 Å². The van der Waals surface area contributed by atoms with Crippen LogP contribution < -0.4 is 9.47 Å². The monoisotopic (exact) mass is 464 g/mol. The van der Waals surface area contributed by atoms with Crippen LogP contribution in [0.15, 0.2) is 78.9 Å². The van der Waals surface area contributed by atoms with E-state index in [0.29, 0.717) is 0 Å². The molecule has 0 aliphatic heterocycles. The van der Waals surface area contributed by atoms with Crippen LogP contribution in [0.2, 0.25) is 0 Å². The molecule has 0 fully saturated rings. The van der Waals surface area contributed by atoms with Gasteiger partial charge in [0.1, 0.15) is 17.2 Å². The lowest BCUT2D eigenvalue weighted by Gasteiger charge is -2.26. The maximum atomic E-state index is 13.1. The summed E-state index contributed by atoms with van der Waals surface area (Å²) in [6.07, 6.45) is -8.55. The highest BCUT2D eigenvalue weighted by Gasteiger charge is 2.61. The summed E-state index contributed by atoms with van der Waals surface area (Å²) in [6.45, 7) is 4.00. The fraction of sp³-hybridized carbons (Fsp3) is 0.308. The number of aryl methyl sites for hydroxylation is 1. The summed E-state index contributed by atoms with van der Waals surface area (Å²) in [7, 11) is 0. The normalized spacial score (nSPS) is 12.5. The van der Waals surface area contributed by atoms with Crippen LogP contribution in [0.3, 0.4) is 0 Å². The van der Waals surface area contributed by atoms with Crippen LogP contribution in [0, 0.1) is 0 Å². The van der Waals surface area contributed by atoms with Gasteiger partial charge in [-0.1, -0.05) is 56.3 Å². The van der Waals surface area contributed by atoms with E-state index in [4.69, 9.17) is 4.74 Å². The zero-order chi connectivity index (χ0) is 24.1. The molecule has 0 radical (unpaired) electrons. The van der Waals surface area contributed by atoms with Crippen LogP contribution in [0.1, 0.15) is 37.8 Å². The van der Waals surface area contributed by atoms with E-state index in [-0.39, 0.29) is 5.41 Å². The lowest BCUT2D eigenvalue weighted by Crippen LogP contribution is -2.41. The molecule has 33 heavy (non-hydrogen) atoms. The molecule has 0 N–H and O–H groups in total. The molecule has 0 atom stereocenters. The summed E-state index contributed by atoms with van der Waals surface area (Å²) in [6, 6.07) is 22.7. The van der Waals surface area contributed by atoms with Gasteiger partial charge in [-0.2, -0.15) is 22.0 Å². The second-order valence-electron chi connectivity index (χ2n) is 8.44. The number of ether oxygens (including phenoxy) is 2. The van der Waals surface area contributed by atoms with E-state index < -0.39 is 18.0 Å². The zero-order valence-corrected chi connectivity index (χ0v) is 18.3. The van der Waals surface area contributed by atoms with E-state index >= 15 is 0 Å². The van der Waals surface area contributed by atoms with Crippen LogP contribution in [0.4, 0.5) is 22.0 Å². The molecule has 0 aliphatic rings. The first-order valence-electron chi connectivity index (χ1n) is 10.5. The van der Waals surface area contributed by atoms with Crippen LogP contribution in [0.25, 0.3) is 0 Å². The molecule has 3 rings (SSSR count). The number of benzene rings is 3. The molecule has 0 bridgehead atoms. The fourth-order valence-corrected chi connectivity index (χ4v) is 3.45. The minimum absolute atomic E-state index is 0.302. The number of halogens is 5. The van der Waals surface area contributed by atoms with Gasteiger partial charge in [0.15, 0.2) is 0 Å². The molecule has 0 amide bonds. The molecule has 0 spiro atoms. The maximum absolute atomic E-state index is 13.1. The van der Waals surface area contributed by atoms with E-state index in [0.717, 1.165) is 54.0 Å². The van der Waals surface area contributed by atoms with Crippen molar-refractivity contribution in [2.45, 2.75) is 50.8 Å². The molecule has 0 aliphatic carbocycles. The molecule has 0 aromatic heterocycles. The van der Waals surface area contributed by atoms with E-state index in [9.17, 15) is 22.0 Å². The third-order valence-corrected chi connectivity index (χ3v) is 5.36. The predicted octanol–water partition coefficient (Wildman–Crippen LogP) is 8.31. The Labute approximate surface area is 190 Å². The Hall–Kier alpha value is -3.09. The first kappa shape index (κ1) is 24.6. The van der Waals surface area contributed by atoms with Crippen molar-refractivity contribution in [1.29, 1.82) is 0 Å². The molecule has 7 heteroatoms. The summed E-state index contributed by atoms with van der Waals surface area (Å²) in [4.78, 5) is 0. The van der Waals surface area contributed by atoms with Crippen molar-refractivity contribution >= 4 is 0 Å². The highest BCUT2D eigenvalue weighted by atomic mass is 19.4. The second-order valence-corrected chi connectivity index (χ2v) is 8.44. The van der Waals surface area contributed by atoms with Crippen LogP contribution >= 0.6 is 0 Å². The molecule has 176 valence electrons. The van der Waals surface area contributed by atoms with E-state index in [1.807, 2.05) is 68.4 Å². The maximum Gasteiger partial charge on any atom is 0.499 e. The molecular formula is C26H25F5O2. The van der Waals surface area contributed by atoms with Gasteiger partial charge in [-0.15, -0.1) is 0 Å². The number of rotatable bonds is 9. The number of hydrogen-bond acceptors (Lipinski definition) is 2. The standard InChI is InChI=1S/C26H25F5O2/c1-24(2,20-13-15-22(16-14-20)33-26(30,31)25(27,28)29)17-7-9-19-8-6-12-23(18-19)32-21-10-4-3-5-11-21/h3-6,8,10-16,18H,7,9,17H2,1-2H3. The van der Waals surface area contributed by atoms with Crippen molar-refractivity contribution in [3.8, 4) is 17.2 Å². The molecule has 0 saturated heterocycles. The number of hydrogen-bond donors (Lipinski definition) is 0. The molecule has 0 saturated carbocycles. The van der Waals surface area contributed by atoms with Crippen molar-refractivity contribution < 1.29 is 31.4 Å². The Morgan fingerprint density at radius 3 is 1.97 bits per heavy atom. The summed E-state index contributed by atoms with van der Waals surface area (Å²) in [5, 5.41) is 0. The SMILES string of the molecule is CC(C)(CCCc1cccc(Oc2ccccc2)c1)c1ccc(OC(F)(F)C(F)(F)F)cc1. The summed E-state index contributed by atoms with van der Waals surface area (Å²) < 4.78 is 72.8. The number of alkyl halides is 5. The predicted molar refractivity (Wildman–Crippen MR) is 117 cm³/mol. The topological polar surface area (TPSA) is 18.5 Å². The van der Waals surface area contributed by atoms with Gasteiger partial charge in [0, 0.05) is 0 Å². The quantitative estimate of drug-likeness (QED) is 0.297. The van der Waals surface area contributed by atoms with Crippen LogP contribution in [-0.4, -0.2) is 12.3 Å². The highest BCUT2D eigenvalue weighted by molar-refractivity contribution is 5.34. The first-order chi connectivity index (χ1) is 15.5. The Kier molecular flexibility index (Phi) is 7.30. The average molecular weight is 464 g/mol. The molecule has 3 aromatic rings. The number of para-hydroxylation sites is 1. The van der Waals surface area contributed by atoms with Gasteiger partial charge in [-0.3, -0.25) is 0 Å². The summed E-state index contributed by atoms with van der Waals surface area (Å²) >= 11 is 0. The van der Waals surface area contributed by atoms with Gasteiger partial charge in [0.05, 0.1) is 0 Å². The Balaban J connectivity index is 1.56. The van der Waals surface area contributed by atoms with Gasteiger partial charge >= 0.3 is 12.3 Å². The lowest BCUT2D eigenvalue weighted by molar-refractivity contribution is -0.360. The highest BCUT2D eigenvalue weighted by Crippen LogP contribution is 2.38. The zero-order valence-electron chi connectivity index (χ0n) is 18.3. The third-order valence-electron chi connectivity index (χ3n) is 5.36. The third kappa shape index (κ3) is 6.70. The fourth-order valence-electron chi connectivity index (χ4n) is 3.45.